The number of aliphatic hydroxyl groups excluding tert-OH is 1. The van der Waals surface area contributed by atoms with Crippen LogP contribution in [-0.2, 0) is 11.3 Å². The summed E-state index contributed by atoms with van der Waals surface area (Å²) in [7, 11) is 0. The van der Waals surface area contributed by atoms with Crippen molar-refractivity contribution in [3.8, 4) is 0 Å². The molecule has 0 spiro atoms. The lowest BCUT2D eigenvalue weighted by molar-refractivity contribution is -0.130. The zero-order valence-corrected chi connectivity index (χ0v) is 16.2. The number of fused-ring (bicyclic) bond motifs is 1. The number of carbonyl (C=O) groups is 1. The van der Waals surface area contributed by atoms with Crippen molar-refractivity contribution < 1.29 is 9.90 Å². The Hall–Kier alpha value is -2.08. The lowest BCUT2D eigenvalue weighted by Crippen LogP contribution is -2.42. The monoisotopic (exact) mass is 370 g/mol. The molecule has 146 valence electrons. The Labute approximate surface area is 160 Å². The highest BCUT2D eigenvalue weighted by Crippen LogP contribution is 2.34. The number of para-hydroxylation sites is 2. The lowest BCUT2D eigenvalue weighted by Gasteiger charge is -2.40. The summed E-state index contributed by atoms with van der Waals surface area (Å²) in [5.74, 6) is 2.71. The standard InChI is InChI=1S/C21H30N4O2/c1-16(27)23-10-6-17(7-11-23)18-8-12-24(13-9-18)21-22-19-4-2-3-5-20(19)25(21)14-15-26/h2-5,17-18,26H,6-15H2,1H3. The van der Waals surface area contributed by atoms with E-state index in [1.807, 2.05) is 23.1 Å². The number of anilines is 1. The van der Waals surface area contributed by atoms with Crippen molar-refractivity contribution in [3.05, 3.63) is 24.3 Å². The van der Waals surface area contributed by atoms with Crippen LogP contribution >= 0.6 is 0 Å². The fourth-order valence-corrected chi connectivity index (χ4v) is 4.88. The Kier molecular flexibility index (Phi) is 5.34. The molecule has 0 bridgehead atoms. The fourth-order valence-electron chi connectivity index (χ4n) is 4.88. The van der Waals surface area contributed by atoms with Crippen LogP contribution in [0.3, 0.4) is 0 Å². The molecule has 0 unspecified atom stereocenters. The molecule has 1 aromatic carbocycles. The van der Waals surface area contributed by atoms with Gasteiger partial charge in [-0.1, -0.05) is 12.1 Å². The van der Waals surface area contributed by atoms with E-state index in [1.165, 1.54) is 12.8 Å². The van der Waals surface area contributed by atoms with Crippen LogP contribution in [0.25, 0.3) is 11.0 Å². The summed E-state index contributed by atoms with van der Waals surface area (Å²) in [4.78, 5) is 20.8. The molecule has 0 saturated carbocycles. The quantitative estimate of drug-likeness (QED) is 0.898. The molecule has 1 aromatic heterocycles. The molecule has 2 saturated heterocycles. The van der Waals surface area contributed by atoms with Crippen LogP contribution in [0.4, 0.5) is 5.95 Å². The molecule has 1 N–H and O–H groups in total. The molecule has 0 atom stereocenters. The largest absolute Gasteiger partial charge is 0.395 e. The molecule has 6 nitrogen and oxygen atoms in total. The molecular formula is C21H30N4O2. The molecule has 3 heterocycles. The van der Waals surface area contributed by atoms with Gasteiger partial charge in [0.25, 0.3) is 0 Å². The van der Waals surface area contributed by atoms with Crippen molar-refractivity contribution in [2.24, 2.45) is 11.8 Å². The van der Waals surface area contributed by atoms with Gasteiger partial charge in [0, 0.05) is 39.6 Å². The third-order valence-corrected chi connectivity index (χ3v) is 6.43. The minimum Gasteiger partial charge on any atom is -0.395 e. The summed E-state index contributed by atoms with van der Waals surface area (Å²) in [6.45, 7) is 6.27. The molecule has 4 rings (SSSR count). The van der Waals surface area contributed by atoms with Crippen molar-refractivity contribution in [2.75, 3.05) is 37.7 Å². The van der Waals surface area contributed by atoms with Gasteiger partial charge in [0.15, 0.2) is 0 Å². The van der Waals surface area contributed by atoms with Gasteiger partial charge in [-0.15, -0.1) is 0 Å². The van der Waals surface area contributed by atoms with Gasteiger partial charge in [-0.2, -0.15) is 0 Å². The van der Waals surface area contributed by atoms with Crippen LogP contribution in [0.15, 0.2) is 24.3 Å². The SMILES string of the molecule is CC(=O)N1CCC(C2CCN(c3nc4ccccc4n3CCO)CC2)CC1. The number of carbonyl (C=O) groups excluding carboxylic acids is 1. The summed E-state index contributed by atoms with van der Waals surface area (Å²) in [5, 5.41) is 9.50. The first-order valence-corrected chi connectivity index (χ1v) is 10.2. The average Bonchev–Trinajstić information content (AvgIpc) is 3.07. The second-order valence-corrected chi connectivity index (χ2v) is 7.94. The molecule has 2 fully saturated rings. The minimum absolute atomic E-state index is 0.124. The summed E-state index contributed by atoms with van der Waals surface area (Å²) < 4.78 is 2.15. The van der Waals surface area contributed by atoms with E-state index in [-0.39, 0.29) is 12.5 Å². The Morgan fingerprint density at radius 3 is 2.33 bits per heavy atom. The average molecular weight is 370 g/mol. The Bertz CT molecular complexity index is 787. The van der Waals surface area contributed by atoms with Gasteiger partial charge >= 0.3 is 0 Å². The van der Waals surface area contributed by atoms with E-state index in [1.54, 1.807) is 6.92 Å². The van der Waals surface area contributed by atoms with E-state index in [0.717, 1.165) is 67.8 Å². The number of aromatic nitrogens is 2. The van der Waals surface area contributed by atoms with Crippen molar-refractivity contribution in [2.45, 2.75) is 39.2 Å². The number of amides is 1. The first-order valence-electron chi connectivity index (χ1n) is 10.2. The van der Waals surface area contributed by atoms with Gasteiger partial charge < -0.3 is 19.5 Å². The maximum Gasteiger partial charge on any atom is 0.219 e. The van der Waals surface area contributed by atoms with Gasteiger partial charge in [-0.05, 0) is 49.7 Å². The van der Waals surface area contributed by atoms with E-state index >= 15 is 0 Å². The van der Waals surface area contributed by atoms with Crippen molar-refractivity contribution in [3.63, 3.8) is 0 Å². The van der Waals surface area contributed by atoms with Crippen LogP contribution < -0.4 is 4.90 Å². The summed E-state index contributed by atoms with van der Waals surface area (Å²) in [6.07, 6.45) is 4.67. The molecule has 2 aromatic rings. The molecule has 0 aliphatic carbocycles. The van der Waals surface area contributed by atoms with E-state index in [9.17, 15) is 9.90 Å². The number of nitrogens with zero attached hydrogens (tertiary/aromatic N) is 4. The normalized spacial score (nSPS) is 19.8. The number of aliphatic hydroxyl groups is 1. The van der Waals surface area contributed by atoms with Gasteiger partial charge in [-0.25, -0.2) is 4.98 Å². The summed E-state index contributed by atoms with van der Waals surface area (Å²) in [5.41, 5.74) is 2.10. The predicted molar refractivity (Wildman–Crippen MR) is 107 cm³/mol. The van der Waals surface area contributed by atoms with Crippen LogP contribution in [0.5, 0.6) is 0 Å². The first-order chi connectivity index (χ1) is 13.2. The zero-order valence-electron chi connectivity index (χ0n) is 16.2. The van der Waals surface area contributed by atoms with Crippen LogP contribution in [-0.4, -0.2) is 58.3 Å². The number of benzene rings is 1. The molecular weight excluding hydrogens is 340 g/mol. The highest BCUT2D eigenvalue weighted by atomic mass is 16.3. The fraction of sp³-hybridized carbons (Fsp3) is 0.619. The van der Waals surface area contributed by atoms with E-state index in [4.69, 9.17) is 4.98 Å². The van der Waals surface area contributed by atoms with E-state index in [2.05, 4.69) is 15.5 Å². The third-order valence-electron chi connectivity index (χ3n) is 6.43. The topological polar surface area (TPSA) is 61.6 Å². The first kappa shape index (κ1) is 18.3. The minimum atomic E-state index is 0.124. The highest BCUT2D eigenvalue weighted by Gasteiger charge is 2.31. The van der Waals surface area contributed by atoms with Gasteiger partial charge in [0.1, 0.15) is 0 Å². The second-order valence-electron chi connectivity index (χ2n) is 7.94. The Balaban J connectivity index is 1.42. The molecule has 0 radical (unpaired) electrons. The number of hydrogen-bond acceptors (Lipinski definition) is 4. The van der Waals surface area contributed by atoms with Gasteiger partial charge in [0.05, 0.1) is 17.6 Å². The maximum atomic E-state index is 11.5. The Morgan fingerprint density at radius 1 is 1.07 bits per heavy atom. The van der Waals surface area contributed by atoms with Gasteiger partial charge in [0.2, 0.25) is 11.9 Å². The molecule has 1 amide bonds. The number of rotatable bonds is 4. The van der Waals surface area contributed by atoms with E-state index < -0.39 is 0 Å². The molecule has 2 aliphatic rings. The number of likely N-dealkylation sites (tertiary alicyclic amines) is 1. The van der Waals surface area contributed by atoms with E-state index in [0.29, 0.717) is 6.54 Å². The smallest absolute Gasteiger partial charge is 0.219 e. The van der Waals surface area contributed by atoms with Crippen molar-refractivity contribution in [1.82, 2.24) is 14.5 Å². The predicted octanol–water partition coefficient (Wildman–Crippen LogP) is 2.50. The number of imidazole rings is 1. The van der Waals surface area contributed by atoms with Crippen molar-refractivity contribution >= 4 is 22.9 Å². The van der Waals surface area contributed by atoms with Crippen LogP contribution in [0.1, 0.15) is 32.6 Å². The second kappa shape index (κ2) is 7.89. The molecule has 6 heteroatoms. The van der Waals surface area contributed by atoms with Crippen LogP contribution in [0, 0.1) is 11.8 Å². The Morgan fingerprint density at radius 2 is 1.70 bits per heavy atom. The lowest BCUT2D eigenvalue weighted by atomic mass is 9.79. The molecule has 2 aliphatic heterocycles. The third kappa shape index (κ3) is 3.68. The summed E-state index contributed by atoms with van der Waals surface area (Å²) in [6, 6.07) is 8.17. The van der Waals surface area contributed by atoms with Gasteiger partial charge in [-0.3, -0.25) is 4.79 Å². The number of hydrogen-bond donors (Lipinski definition) is 1. The highest BCUT2D eigenvalue weighted by molar-refractivity contribution is 5.78. The maximum absolute atomic E-state index is 11.5. The zero-order chi connectivity index (χ0) is 18.8. The molecule has 27 heavy (non-hydrogen) atoms. The summed E-state index contributed by atoms with van der Waals surface area (Å²) >= 11 is 0. The van der Waals surface area contributed by atoms with Crippen LogP contribution in [0.2, 0.25) is 0 Å². The van der Waals surface area contributed by atoms with Crippen molar-refractivity contribution in [1.29, 1.82) is 0 Å². The number of piperidine rings is 2.